The van der Waals surface area contributed by atoms with Crippen molar-refractivity contribution in [3.63, 3.8) is 0 Å². The van der Waals surface area contributed by atoms with E-state index in [0.717, 1.165) is 0 Å². The van der Waals surface area contributed by atoms with Gasteiger partial charge in [-0.1, -0.05) is 6.07 Å². The van der Waals surface area contributed by atoms with Crippen molar-refractivity contribution in [2.24, 2.45) is 0 Å². The summed E-state index contributed by atoms with van der Waals surface area (Å²) < 4.78 is 9.51. The number of anilines is 1. The minimum Gasteiger partial charge on any atom is -0.452 e. The van der Waals surface area contributed by atoms with Crippen molar-refractivity contribution < 1.29 is 19.1 Å². The number of carbonyl (C=O) groups excluding carboxylic acids is 2. The van der Waals surface area contributed by atoms with E-state index in [0.29, 0.717) is 11.4 Å². The van der Waals surface area contributed by atoms with Crippen LogP contribution in [-0.2, 0) is 4.74 Å². The number of hydrogen-bond donors (Lipinski definition) is 1. The van der Waals surface area contributed by atoms with Crippen LogP contribution in [0.15, 0.2) is 24.3 Å². The van der Waals surface area contributed by atoms with Crippen molar-refractivity contribution in [1.82, 2.24) is 5.32 Å². The average Bonchev–Trinajstić information content (AvgIpc) is 2.37. The van der Waals surface area contributed by atoms with Gasteiger partial charge in [0.05, 0.1) is 12.8 Å². The van der Waals surface area contributed by atoms with Crippen LogP contribution in [0.2, 0.25) is 0 Å². The summed E-state index contributed by atoms with van der Waals surface area (Å²) >= 11 is 0. The van der Waals surface area contributed by atoms with E-state index in [4.69, 9.17) is 4.74 Å². The minimum atomic E-state index is -0.567. The van der Waals surface area contributed by atoms with E-state index in [1.54, 1.807) is 31.3 Å². The second kappa shape index (κ2) is 5.74. The summed E-state index contributed by atoms with van der Waals surface area (Å²) in [5.74, 6) is 0.345. The molecule has 1 aromatic rings. The van der Waals surface area contributed by atoms with Crippen LogP contribution in [0.5, 0.6) is 5.75 Å². The third kappa shape index (κ3) is 3.37. The lowest BCUT2D eigenvalue weighted by atomic mass is 10.3. The summed E-state index contributed by atoms with van der Waals surface area (Å²) in [7, 11) is 4.32. The maximum absolute atomic E-state index is 11.3. The van der Waals surface area contributed by atoms with Crippen molar-refractivity contribution >= 4 is 17.9 Å². The maximum atomic E-state index is 11.3. The van der Waals surface area contributed by atoms with E-state index in [-0.39, 0.29) is 0 Å². The van der Waals surface area contributed by atoms with Crippen LogP contribution in [0.25, 0.3) is 0 Å². The minimum absolute atomic E-state index is 0.345. The largest absolute Gasteiger partial charge is 0.452 e. The lowest BCUT2D eigenvalue weighted by Crippen LogP contribution is -2.26. The first kappa shape index (κ1) is 12.8. The Morgan fingerprint density at radius 2 is 2.06 bits per heavy atom. The summed E-state index contributed by atoms with van der Waals surface area (Å²) in [4.78, 5) is 23.6. The Labute approximate surface area is 99.1 Å². The zero-order chi connectivity index (χ0) is 12.8. The molecule has 0 saturated heterocycles. The normalized spacial score (nSPS) is 9.35. The zero-order valence-corrected chi connectivity index (χ0v) is 9.89. The van der Waals surface area contributed by atoms with Crippen LogP contribution in [0, 0.1) is 0 Å². The lowest BCUT2D eigenvalue weighted by molar-refractivity contribution is 0.180. The van der Waals surface area contributed by atoms with Gasteiger partial charge in [-0.05, 0) is 12.1 Å². The molecule has 1 N–H and O–H groups in total. The molecule has 0 heterocycles. The Morgan fingerprint density at radius 3 is 2.65 bits per heavy atom. The highest BCUT2D eigenvalue weighted by atomic mass is 16.6. The molecule has 6 nitrogen and oxygen atoms in total. The van der Waals surface area contributed by atoms with Gasteiger partial charge >= 0.3 is 12.2 Å². The number of methoxy groups -OCH3 is 1. The van der Waals surface area contributed by atoms with Crippen LogP contribution in [0.4, 0.5) is 15.3 Å². The van der Waals surface area contributed by atoms with Gasteiger partial charge in [0.2, 0.25) is 0 Å². The molecule has 0 aliphatic carbocycles. The van der Waals surface area contributed by atoms with Crippen LogP contribution >= 0.6 is 0 Å². The maximum Gasteiger partial charge on any atom is 0.413 e. The molecule has 0 aliphatic rings. The van der Waals surface area contributed by atoms with E-state index in [1.807, 2.05) is 0 Å². The molecule has 6 heteroatoms. The fraction of sp³-hybridized carbons (Fsp3) is 0.273. The molecule has 0 unspecified atom stereocenters. The molecule has 0 fully saturated rings. The second-order valence-electron chi connectivity index (χ2n) is 3.17. The summed E-state index contributed by atoms with van der Waals surface area (Å²) in [5, 5.41) is 2.33. The van der Waals surface area contributed by atoms with Crippen molar-refractivity contribution in [2.45, 2.75) is 0 Å². The summed E-state index contributed by atoms with van der Waals surface area (Å²) in [5.41, 5.74) is 0.568. The van der Waals surface area contributed by atoms with Crippen molar-refractivity contribution in [2.75, 3.05) is 26.1 Å². The molecule has 92 valence electrons. The number of benzene rings is 1. The van der Waals surface area contributed by atoms with E-state index in [1.165, 1.54) is 19.1 Å². The van der Waals surface area contributed by atoms with Gasteiger partial charge in [0, 0.05) is 20.2 Å². The Kier molecular flexibility index (Phi) is 4.33. The number of rotatable bonds is 2. The van der Waals surface area contributed by atoms with Gasteiger partial charge in [0.15, 0.2) is 0 Å². The zero-order valence-electron chi connectivity index (χ0n) is 9.89. The molecule has 0 radical (unpaired) electrons. The molecule has 0 spiro atoms. The summed E-state index contributed by atoms with van der Waals surface area (Å²) in [6, 6.07) is 6.55. The monoisotopic (exact) mass is 238 g/mol. The number of amides is 2. The van der Waals surface area contributed by atoms with Crippen molar-refractivity contribution in [3.05, 3.63) is 24.3 Å². The number of ether oxygens (including phenoxy) is 2. The number of hydrogen-bond acceptors (Lipinski definition) is 4. The van der Waals surface area contributed by atoms with Crippen molar-refractivity contribution in [1.29, 1.82) is 0 Å². The summed E-state index contributed by atoms with van der Waals surface area (Å²) in [6.45, 7) is 0. The molecule has 0 aromatic heterocycles. The van der Waals surface area contributed by atoms with Crippen LogP contribution in [0.1, 0.15) is 0 Å². The third-order valence-corrected chi connectivity index (χ3v) is 2.07. The van der Waals surface area contributed by atoms with E-state index >= 15 is 0 Å². The van der Waals surface area contributed by atoms with Gasteiger partial charge in [-0.15, -0.1) is 0 Å². The van der Waals surface area contributed by atoms with E-state index in [2.05, 4.69) is 10.1 Å². The molecule has 17 heavy (non-hydrogen) atoms. The van der Waals surface area contributed by atoms with Crippen LogP contribution in [-0.4, -0.2) is 33.4 Å². The molecule has 0 atom stereocenters. The highest BCUT2D eigenvalue weighted by Crippen LogP contribution is 2.20. The first-order valence-corrected chi connectivity index (χ1v) is 4.89. The number of nitrogens with zero attached hydrogens (tertiary/aromatic N) is 1. The second-order valence-corrected chi connectivity index (χ2v) is 3.17. The van der Waals surface area contributed by atoms with Gasteiger partial charge in [0.25, 0.3) is 0 Å². The highest BCUT2D eigenvalue weighted by molar-refractivity contribution is 5.87. The lowest BCUT2D eigenvalue weighted by Gasteiger charge is -2.16. The molecule has 1 rings (SSSR count). The predicted molar refractivity (Wildman–Crippen MR) is 62.3 cm³/mol. The van der Waals surface area contributed by atoms with Gasteiger partial charge in [0.1, 0.15) is 5.75 Å². The van der Waals surface area contributed by atoms with Crippen LogP contribution < -0.4 is 15.0 Å². The van der Waals surface area contributed by atoms with Gasteiger partial charge in [-0.2, -0.15) is 0 Å². The van der Waals surface area contributed by atoms with Crippen LogP contribution in [0.3, 0.4) is 0 Å². The van der Waals surface area contributed by atoms with E-state index in [9.17, 15) is 9.59 Å². The fourth-order valence-corrected chi connectivity index (χ4v) is 1.16. The first-order chi connectivity index (χ1) is 8.08. The Hall–Kier alpha value is -2.24. The molecular formula is C11H14N2O4. The van der Waals surface area contributed by atoms with Gasteiger partial charge < -0.3 is 14.8 Å². The number of carbonyl (C=O) groups is 2. The Bertz CT molecular complexity index is 420. The van der Waals surface area contributed by atoms with Crippen molar-refractivity contribution in [3.8, 4) is 5.75 Å². The third-order valence-electron chi connectivity index (χ3n) is 2.07. The fourth-order valence-electron chi connectivity index (χ4n) is 1.16. The average molecular weight is 238 g/mol. The topological polar surface area (TPSA) is 67.9 Å². The smallest absolute Gasteiger partial charge is 0.413 e. The van der Waals surface area contributed by atoms with E-state index < -0.39 is 12.2 Å². The Morgan fingerprint density at radius 1 is 1.35 bits per heavy atom. The first-order valence-electron chi connectivity index (χ1n) is 4.89. The Balaban J connectivity index is 2.85. The molecular weight excluding hydrogens is 224 g/mol. The highest BCUT2D eigenvalue weighted by Gasteiger charge is 2.11. The number of nitrogens with one attached hydrogen (secondary N) is 1. The molecule has 1 aromatic carbocycles. The predicted octanol–water partition coefficient (Wildman–Crippen LogP) is 1.61. The van der Waals surface area contributed by atoms with Gasteiger partial charge in [-0.25, -0.2) is 9.59 Å². The van der Waals surface area contributed by atoms with Gasteiger partial charge in [-0.3, -0.25) is 4.90 Å². The molecule has 0 bridgehead atoms. The molecule has 2 amide bonds. The molecule has 0 aliphatic heterocycles. The standard InChI is InChI=1S/C11H14N2O4/c1-12-10(14)17-9-6-4-5-8(7-9)13(2)11(15)16-3/h4-7H,1-3H3,(H,12,14). The molecule has 0 saturated carbocycles. The summed E-state index contributed by atoms with van der Waals surface area (Å²) in [6.07, 6.45) is -1.06. The quantitative estimate of drug-likeness (QED) is 0.849. The SMILES string of the molecule is CNC(=O)Oc1cccc(N(C)C(=O)OC)c1.